The maximum absolute atomic E-state index is 5.20. The molecule has 1 N–H and O–H groups in total. The van der Waals surface area contributed by atoms with Crippen molar-refractivity contribution in [3.63, 3.8) is 0 Å². The van der Waals surface area contributed by atoms with Crippen LogP contribution in [0.5, 0.6) is 5.88 Å². The van der Waals surface area contributed by atoms with Crippen LogP contribution >= 0.6 is 0 Å². The fourth-order valence-electron chi connectivity index (χ4n) is 1.38. The number of nitrogens with one attached hydrogen (secondary N) is 1. The second kappa shape index (κ2) is 3.92. The van der Waals surface area contributed by atoms with Gasteiger partial charge in [0.2, 0.25) is 5.88 Å². The van der Waals surface area contributed by atoms with Crippen molar-refractivity contribution in [2.24, 2.45) is 0 Å². The summed E-state index contributed by atoms with van der Waals surface area (Å²) in [5.41, 5.74) is -0.0610. The van der Waals surface area contributed by atoms with E-state index in [2.05, 4.69) is 36.1 Å². The minimum absolute atomic E-state index is 0.0610. The number of methoxy groups -OCH3 is 1. The lowest BCUT2D eigenvalue weighted by Crippen LogP contribution is -2.18. The Balaban J connectivity index is 2.29. The summed E-state index contributed by atoms with van der Waals surface area (Å²) in [7, 11) is 1.63. The average molecular weight is 221 g/mol. The monoisotopic (exact) mass is 221 g/mol. The van der Waals surface area contributed by atoms with Crippen molar-refractivity contribution in [2.75, 3.05) is 12.4 Å². The van der Waals surface area contributed by atoms with Crippen molar-refractivity contribution in [1.29, 1.82) is 0 Å². The lowest BCUT2D eigenvalue weighted by Gasteiger charge is -2.18. The molecule has 16 heavy (non-hydrogen) atoms. The van der Waals surface area contributed by atoms with Gasteiger partial charge in [-0.05, 0) is 12.8 Å². The van der Waals surface area contributed by atoms with Crippen LogP contribution in [0.4, 0.5) is 5.82 Å². The standard InChI is InChI=1S/C12H19N3O/c1-12(2,3)11-14-9(13-8-5-6-8)7-10(15-11)16-4/h7-8H,5-6H2,1-4H3,(H,13,14,15). The molecule has 4 nitrogen and oxygen atoms in total. The Morgan fingerprint density at radius 3 is 2.50 bits per heavy atom. The molecule has 4 heteroatoms. The highest BCUT2D eigenvalue weighted by molar-refractivity contribution is 5.41. The minimum atomic E-state index is -0.0610. The molecule has 2 rings (SSSR count). The van der Waals surface area contributed by atoms with Gasteiger partial charge < -0.3 is 10.1 Å². The SMILES string of the molecule is COc1cc(NC2CC2)nc(C(C)(C)C)n1. The predicted molar refractivity (Wildman–Crippen MR) is 63.9 cm³/mol. The Labute approximate surface area is 96.4 Å². The molecule has 1 aromatic heterocycles. The summed E-state index contributed by atoms with van der Waals surface area (Å²) >= 11 is 0. The largest absolute Gasteiger partial charge is 0.481 e. The van der Waals surface area contributed by atoms with E-state index < -0.39 is 0 Å². The number of nitrogens with zero attached hydrogens (tertiary/aromatic N) is 2. The zero-order valence-electron chi connectivity index (χ0n) is 10.4. The van der Waals surface area contributed by atoms with Crippen LogP contribution in [0.25, 0.3) is 0 Å². The Bertz CT molecular complexity index is 380. The molecule has 0 atom stereocenters. The molecule has 0 amide bonds. The van der Waals surface area contributed by atoms with Crippen LogP contribution < -0.4 is 10.1 Å². The van der Waals surface area contributed by atoms with Gasteiger partial charge in [0.1, 0.15) is 11.6 Å². The van der Waals surface area contributed by atoms with Crippen LogP contribution in [0.3, 0.4) is 0 Å². The third kappa shape index (κ3) is 2.62. The Morgan fingerprint density at radius 2 is 2.00 bits per heavy atom. The van der Waals surface area contributed by atoms with E-state index >= 15 is 0 Å². The van der Waals surface area contributed by atoms with Crippen LogP contribution in [0, 0.1) is 0 Å². The van der Waals surface area contributed by atoms with Crippen LogP contribution in [0.15, 0.2) is 6.07 Å². The van der Waals surface area contributed by atoms with Crippen LogP contribution in [0.2, 0.25) is 0 Å². The van der Waals surface area contributed by atoms with Gasteiger partial charge in [0.15, 0.2) is 0 Å². The highest BCUT2D eigenvalue weighted by Crippen LogP contribution is 2.27. The highest BCUT2D eigenvalue weighted by Gasteiger charge is 2.24. The fraction of sp³-hybridized carbons (Fsp3) is 0.667. The van der Waals surface area contributed by atoms with Gasteiger partial charge in [-0.25, -0.2) is 4.98 Å². The summed E-state index contributed by atoms with van der Waals surface area (Å²) in [5, 5.41) is 3.37. The Hall–Kier alpha value is -1.32. The van der Waals surface area contributed by atoms with Gasteiger partial charge >= 0.3 is 0 Å². The third-order valence-corrected chi connectivity index (χ3v) is 2.51. The van der Waals surface area contributed by atoms with Crippen LogP contribution in [-0.4, -0.2) is 23.1 Å². The molecule has 1 aliphatic rings. The lowest BCUT2D eigenvalue weighted by molar-refractivity contribution is 0.389. The zero-order valence-corrected chi connectivity index (χ0v) is 10.4. The van der Waals surface area contributed by atoms with Crippen LogP contribution in [-0.2, 0) is 5.41 Å². The first kappa shape index (κ1) is 11.2. The maximum atomic E-state index is 5.20. The second-order valence-corrected chi connectivity index (χ2v) is 5.29. The molecule has 1 aromatic rings. The number of hydrogen-bond acceptors (Lipinski definition) is 4. The third-order valence-electron chi connectivity index (χ3n) is 2.51. The van der Waals surface area contributed by atoms with E-state index in [4.69, 9.17) is 4.74 Å². The average Bonchev–Trinajstić information content (AvgIpc) is 3.00. The molecule has 1 heterocycles. The minimum Gasteiger partial charge on any atom is -0.481 e. The normalized spacial score (nSPS) is 16.0. The molecule has 0 bridgehead atoms. The predicted octanol–water partition coefficient (Wildman–Crippen LogP) is 2.36. The smallest absolute Gasteiger partial charge is 0.218 e. The van der Waals surface area contributed by atoms with Crippen molar-refractivity contribution in [3.05, 3.63) is 11.9 Å². The number of rotatable bonds is 3. The van der Waals surface area contributed by atoms with Crippen molar-refractivity contribution in [3.8, 4) is 5.88 Å². The summed E-state index contributed by atoms with van der Waals surface area (Å²) in [5.74, 6) is 2.32. The van der Waals surface area contributed by atoms with Gasteiger partial charge in [-0.2, -0.15) is 4.98 Å². The van der Waals surface area contributed by atoms with E-state index in [0.29, 0.717) is 11.9 Å². The van der Waals surface area contributed by atoms with Gasteiger partial charge in [0.25, 0.3) is 0 Å². The summed E-state index contributed by atoms with van der Waals surface area (Å²) in [4.78, 5) is 8.91. The van der Waals surface area contributed by atoms with Crippen molar-refractivity contribution in [1.82, 2.24) is 9.97 Å². The molecule has 0 aromatic carbocycles. The quantitative estimate of drug-likeness (QED) is 0.851. The number of anilines is 1. The van der Waals surface area contributed by atoms with Gasteiger partial charge in [-0.3, -0.25) is 0 Å². The molecule has 88 valence electrons. The van der Waals surface area contributed by atoms with E-state index in [1.165, 1.54) is 12.8 Å². The first-order valence-electron chi connectivity index (χ1n) is 5.69. The molecular formula is C12H19N3O. The van der Waals surface area contributed by atoms with Gasteiger partial charge in [-0.1, -0.05) is 20.8 Å². The molecule has 1 fully saturated rings. The summed E-state index contributed by atoms with van der Waals surface area (Å²) in [6, 6.07) is 2.44. The fourth-order valence-corrected chi connectivity index (χ4v) is 1.38. The van der Waals surface area contributed by atoms with Crippen LogP contribution in [0.1, 0.15) is 39.4 Å². The first-order valence-corrected chi connectivity index (χ1v) is 5.69. The molecule has 0 aliphatic heterocycles. The number of ether oxygens (including phenoxy) is 1. The molecular weight excluding hydrogens is 202 g/mol. The molecule has 0 radical (unpaired) electrons. The summed E-state index contributed by atoms with van der Waals surface area (Å²) < 4.78 is 5.20. The summed E-state index contributed by atoms with van der Waals surface area (Å²) in [6.45, 7) is 6.30. The van der Waals surface area contributed by atoms with Crippen molar-refractivity contribution in [2.45, 2.75) is 45.1 Å². The maximum Gasteiger partial charge on any atom is 0.218 e. The van der Waals surface area contributed by atoms with Gasteiger partial charge in [-0.15, -0.1) is 0 Å². The van der Waals surface area contributed by atoms with E-state index in [1.807, 2.05) is 6.07 Å². The Kier molecular flexibility index (Phi) is 2.74. The number of aromatic nitrogens is 2. The highest BCUT2D eigenvalue weighted by atomic mass is 16.5. The van der Waals surface area contributed by atoms with E-state index in [0.717, 1.165) is 11.6 Å². The van der Waals surface area contributed by atoms with Crippen molar-refractivity contribution < 1.29 is 4.74 Å². The molecule has 0 saturated heterocycles. The zero-order chi connectivity index (χ0) is 11.8. The molecule has 0 unspecified atom stereocenters. The van der Waals surface area contributed by atoms with Crippen molar-refractivity contribution >= 4 is 5.82 Å². The topological polar surface area (TPSA) is 47.0 Å². The number of hydrogen-bond donors (Lipinski definition) is 1. The second-order valence-electron chi connectivity index (χ2n) is 5.29. The van der Waals surface area contributed by atoms with Gasteiger partial charge in [0, 0.05) is 17.5 Å². The molecule has 1 aliphatic carbocycles. The lowest BCUT2D eigenvalue weighted by atomic mass is 9.96. The van der Waals surface area contributed by atoms with E-state index in [-0.39, 0.29) is 5.41 Å². The van der Waals surface area contributed by atoms with E-state index in [1.54, 1.807) is 7.11 Å². The Morgan fingerprint density at radius 1 is 1.31 bits per heavy atom. The first-order chi connectivity index (χ1) is 7.49. The molecule has 1 saturated carbocycles. The van der Waals surface area contributed by atoms with Gasteiger partial charge in [0.05, 0.1) is 7.11 Å². The summed E-state index contributed by atoms with van der Waals surface area (Å²) in [6.07, 6.45) is 2.47. The van der Waals surface area contributed by atoms with E-state index in [9.17, 15) is 0 Å². The molecule has 0 spiro atoms.